The summed E-state index contributed by atoms with van der Waals surface area (Å²) in [5.41, 5.74) is 7.07. The highest BCUT2D eigenvalue weighted by Crippen LogP contribution is 2.30. The largest absolute Gasteiger partial charge is 0.417 e. The number of fused-ring (bicyclic) bond motifs is 1. The second kappa shape index (κ2) is 9.02. The fourth-order valence-corrected chi connectivity index (χ4v) is 5.47. The third-order valence-electron chi connectivity index (χ3n) is 5.98. The fourth-order valence-electron chi connectivity index (χ4n) is 4.00. The number of nitrogens with one attached hydrogen (secondary N) is 2. The van der Waals surface area contributed by atoms with Gasteiger partial charge in [0.2, 0.25) is 10.0 Å². The number of nitrogen functional groups attached to an aromatic ring is 1. The number of alkyl halides is 3. The molecule has 188 valence electrons. The highest BCUT2D eigenvalue weighted by atomic mass is 32.2. The first-order valence-corrected chi connectivity index (χ1v) is 12.4. The number of hydrogen-bond acceptors (Lipinski definition) is 8. The van der Waals surface area contributed by atoms with Crippen LogP contribution in [0.25, 0.3) is 22.4 Å². The zero-order valence-electron chi connectivity index (χ0n) is 18.7. The number of aromatic nitrogens is 5. The molecule has 1 aliphatic rings. The highest BCUT2D eigenvalue weighted by molar-refractivity contribution is 7.89. The van der Waals surface area contributed by atoms with Crippen molar-refractivity contribution in [3.63, 3.8) is 0 Å². The predicted octanol–water partition coefficient (Wildman–Crippen LogP) is 3.28. The van der Waals surface area contributed by atoms with Gasteiger partial charge in [0, 0.05) is 30.9 Å². The van der Waals surface area contributed by atoms with Gasteiger partial charge in [-0.2, -0.15) is 22.6 Å². The second-order valence-electron chi connectivity index (χ2n) is 8.34. The summed E-state index contributed by atoms with van der Waals surface area (Å²) in [6, 6.07) is 8.49. The van der Waals surface area contributed by atoms with Crippen molar-refractivity contribution in [3.05, 3.63) is 54.4 Å². The molecule has 0 bridgehead atoms. The van der Waals surface area contributed by atoms with Crippen molar-refractivity contribution < 1.29 is 21.6 Å². The first-order chi connectivity index (χ1) is 17.1. The number of nitrogens with zero attached hydrogens (tertiary/aromatic N) is 5. The van der Waals surface area contributed by atoms with Crippen LogP contribution >= 0.6 is 0 Å². The van der Waals surface area contributed by atoms with Crippen molar-refractivity contribution in [1.82, 2.24) is 29.5 Å². The van der Waals surface area contributed by atoms with Gasteiger partial charge in [-0.1, -0.05) is 12.1 Å². The standard InChI is InChI=1S/C22H21F3N8O2S/c23-22(24,25)14-3-6-18(27-11-14)29-15-7-9-33(10-8-15)36(34,35)16-4-1-13(2-5-16)17-12-28-21-19(30-17)20(26)31-32-21/h1-6,11-12,15H,7-10H2,(H,27,29)(H3,26,28,31,32). The Kier molecular flexibility index (Phi) is 6.00. The summed E-state index contributed by atoms with van der Waals surface area (Å²) in [5, 5.41) is 9.62. The van der Waals surface area contributed by atoms with Crippen molar-refractivity contribution >= 4 is 32.8 Å². The zero-order chi connectivity index (χ0) is 25.5. The van der Waals surface area contributed by atoms with E-state index in [1.165, 1.54) is 22.5 Å². The van der Waals surface area contributed by atoms with Gasteiger partial charge in [-0.3, -0.25) is 5.10 Å². The maximum absolute atomic E-state index is 13.1. The minimum absolute atomic E-state index is 0.105. The lowest BCUT2D eigenvalue weighted by Crippen LogP contribution is -2.42. The molecular formula is C22H21F3N8O2S. The summed E-state index contributed by atoms with van der Waals surface area (Å²) < 4.78 is 65.8. The van der Waals surface area contributed by atoms with Crippen molar-refractivity contribution in [2.45, 2.75) is 30.0 Å². The first kappa shape index (κ1) is 23.9. The molecule has 5 rings (SSSR count). The number of rotatable bonds is 5. The van der Waals surface area contributed by atoms with Gasteiger partial charge in [-0.25, -0.2) is 23.4 Å². The van der Waals surface area contributed by atoms with E-state index in [-0.39, 0.29) is 29.8 Å². The van der Waals surface area contributed by atoms with Gasteiger partial charge in [0.15, 0.2) is 17.0 Å². The first-order valence-electron chi connectivity index (χ1n) is 11.0. The molecule has 3 aromatic heterocycles. The quantitative estimate of drug-likeness (QED) is 0.365. The molecule has 0 amide bonds. The molecule has 1 saturated heterocycles. The summed E-state index contributed by atoms with van der Waals surface area (Å²) >= 11 is 0. The Morgan fingerprint density at radius 3 is 2.39 bits per heavy atom. The molecule has 1 aromatic carbocycles. The monoisotopic (exact) mass is 518 g/mol. The van der Waals surface area contributed by atoms with E-state index in [1.54, 1.807) is 18.3 Å². The van der Waals surface area contributed by atoms with Crippen LogP contribution in [-0.4, -0.2) is 57.0 Å². The number of aromatic amines is 1. The van der Waals surface area contributed by atoms with E-state index < -0.39 is 21.8 Å². The molecule has 0 atom stereocenters. The molecule has 0 spiro atoms. The lowest BCUT2D eigenvalue weighted by Gasteiger charge is -2.32. The van der Waals surface area contributed by atoms with Crippen molar-refractivity contribution in [2.75, 3.05) is 24.1 Å². The summed E-state index contributed by atoms with van der Waals surface area (Å²) in [4.78, 5) is 12.6. The number of pyridine rings is 1. The highest BCUT2D eigenvalue weighted by Gasteiger charge is 2.32. The average Bonchev–Trinajstić information content (AvgIpc) is 3.24. The Labute approximate surface area is 203 Å². The number of hydrogen-bond donors (Lipinski definition) is 3. The second-order valence-corrected chi connectivity index (χ2v) is 10.3. The minimum Gasteiger partial charge on any atom is -0.380 e. The van der Waals surface area contributed by atoms with Gasteiger partial charge in [0.1, 0.15) is 5.82 Å². The van der Waals surface area contributed by atoms with Gasteiger partial charge in [-0.05, 0) is 37.1 Å². The normalized spacial score (nSPS) is 15.9. The van der Waals surface area contributed by atoms with Crippen LogP contribution in [0.15, 0.2) is 53.7 Å². The molecule has 0 saturated carbocycles. The van der Waals surface area contributed by atoms with Crippen LogP contribution in [0.3, 0.4) is 0 Å². The van der Waals surface area contributed by atoms with Gasteiger partial charge < -0.3 is 11.1 Å². The Morgan fingerprint density at radius 2 is 1.75 bits per heavy atom. The molecule has 14 heteroatoms. The number of benzene rings is 1. The van der Waals surface area contributed by atoms with Crippen LogP contribution in [-0.2, 0) is 16.2 Å². The maximum Gasteiger partial charge on any atom is 0.417 e. The molecule has 0 radical (unpaired) electrons. The summed E-state index contributed by atoms with van der Waals surface area (Å²) in [6.07, 6.45) is -1.14. The number of nitrogens with two attached hydrogens (primary N) is 1. The molecule has 4 N–H and O–H groups in total. The molecule has 0 unspecified atom stereocenters. The number of H-pyrrole nitrogens is 1. The SMILES string of the molecule is Nc1n[nH]c2ncc(-c3ccc(S(=O)(=O)N4CCC(Nc5ccc(C(F)(F)F)cn5)CC4)cc3)nc12. The topological polar surface area (TPSA) is 143 Å². The molecule has 4 aromatic rings. The van der Waals surface area contributed by atoms with Crippen LogP contribution in [0.4, 0.5) is 24.8 Å². The van der Waals surface area contributed by atoms with E-state index >= 15 is 0 Å². The number of piperidine rings is 1. The summed E-state index contributed by atoms with van der Waals surface area (Å²) in [7, 11) is -3.72. The van der Waals surface area contributed by atoms with Gasteiger partial charge in [0.05, 0.1) is 22.3 Å². The Morgan fingerprint density at radius 1 is 1.03 bits per heavy atom. The van der Waals surface area contributed by atoms with Gasteiger partial charge in [0.25, 0.3) is 0 Å². The number of sulfonamides is 1. The number of halogens is 3. The Hall–Kier alpha value is -3.78. The van der Waals surface area contributed by atoms with Crippen LogP contribution in [0.5, 0.6) is 0 Å². The van der Waals surface area contributed by atoms with E-state index in [2.05, 4.69) is 30.5 Å². The van der Waals surface area contributed by atoms with Gasteiger partial charge >= 0.3 is 6.18 Å². The lowest BCUT2D eigenvalue weighted by molar-refractivity contribution is -0.137. The lowest BCUT2D eigenvalue weighted by atomic mass is 10.1. The molecule has 36 heavy (non-hydrogen) atoms. The van der Waals surface area contributed by atoms with Crippen LogP contribution < -0.4 is 11.1 Å². The van der Waals surface area contributed by atoms with E-state index in [4.69, 9.17) is 5.73 Å². The summed E-state index contributed by atoms with van der Waals surface area (Å²) in [6.45, 7) is 0.536. The number of anilines is 2. The third kappa shape index (κ3) is 4.68. The van der Waals surface area contributed by atoms with E-state index in [9.17, 15) is 21.6 Å². The Balaban J connectivity index is 1.23. The third-order valence-corrected chi connectivity index (χ3v) is 7.89. The summed E-state index contributed by atoms with van der Waals surface area (Å²) in [5.74, 6) is 0.545. The van der Waals surface area contributed by atoms with Gasteiger partial charge in [-0.15, -0.1) is 0 Å². The molecular weight excluding hydrogens is 497 g/mol. The molecule has 10 nitrogen and oxygen atoms in total. The average molecular weight is 519 g/mol. The zero-order valence-corrected chi connectivity index (χ0v) is 19.5. The molecule has 4 heterocycles. The molecule has 1 fully saturated rings. The van der Waals surface area contributed by atoms with Crippen molar-refractivity contribution in [3.8, 4) is 11.3 Å². The van der Waals surface area contributed by atoms with E-state index in [1.807, 2.05) is 0 Å². The van der Waals surface area contributed by atoms with Crippen molar-refractivity contribution in [2.24, 2.45) is 0 Å². The van der Waals surface area contributed by atoms with Crippen LogP contribution in [0.2, 0.25) is 0 Å². The molecule has 1 aliphatic heterocycles. The van der Waals surface area contributed by atoms with E-state index in [0.717, 1.165) is 12.3 Å². The van der Waals surface area contributed by atoms with Crippen LogP contribution in [0, 0.1) is 0 Å². The van der Waals surface area contributed by atoms with Crippen molar-refractivity contribution in [1.29, 1.82) is 0 Å². The fraction of sp³-hybridized carbons (Fsp3) is 0.273. The van der Waals surface area contributed by atoms with Crippen LogP contribution in [0.1, 0.15) is 18.4 Å². The molecule has 0 aliphatic carbocycles. The Bertz CT molecular complexity index is 1480. The predicted molar refractivity (Wildman–Crippen MR) is 126 cm³/mol. The smallest absolute Gasteiger partial charge is 0.380 e. The maximum atomic E-state index is 13.1. The van der Waals surface area contributed by atoms with E-state index in [0.29, 0.717) is 41.1 Å². The minimum atomic E-state index is -4.45.